The first-order valence-electron chi connectivity index (χ1n) is 8.80. The van der Waals surface area contributed by atoms with E-state index in [0.29, 0.717) is 28.7 Å². The van der Waals surface area contributed by atoms with Crippen LogP contribution < -0.4 is 10.6 Å². The lowest BCUT2D eigenvalue weighted by atomic mass is 9.97. The van der Waals surface area contributed by atoms with E-state index in [0.717, 1.165) is 38.8 Å². The van der Waals surface area contributed by atoms with Crippen molar-refractivity contribution in [2.75, 3.05) is 26.2 Å². The van der Waals surface area contributed by atoms with Gasteiger partial charge in [0.25, 0.3) is 5.91 Å². The molecule has 2 aliphatic rings. The molecule has 2 aliphatic heterocycles. The van der Waals surface area contributed by atoms with Crippen molar-refractivity contribution in [3.63, 3.8) is 0 Å². The Kier molecular flexibility index (Phi) is 8.02. The van der Waals surface area contributed by atoms with E-state index in [2.05, 4.69) is 10.6 Å². The van der Waals surface area contributed by atoms with Gasteiger partial charge >= 0.3 is 0 Å². The molecular weight excluding hydrogens is 397 g/mol. The molecule has 5 nitrogen and oxygen atoms in total. The summed E-state index contributed by atoms with van der Waals surface area (Å²) in [6, 6.07) is 4.90. The Hall–Kier alpha value is -1.01. The molecule has 2 saturated heterocycles. The summed E-state index contributed by atoms with van der Waals surface area (Å²) in [5.74, 6) is 0.323. The van der Waals surface area contributed by atoms with Gasteiger partial charge in [-0.2, -0.15) is 0 Å². The molecule has 3 rings (SSSR count). The second-order valence-electron chi connectivity index (χ2n) is 6.78. The van der Waals surface area contributed by atoms with E-state index >= 15 is 0 Å². The highest BCUT2D eigenvalue weighted by Gasteiger charge is 2.27. The quantitative estimate of drug-likeness (QED) is 0.786. The minimum atomic E-state index is -0.0578. The number of likely N-dealkylation sites (tertiary alicyclic amines) is 1. The van der Waals surface area contributed by atoms with E-state index in [9.17, 15) is 9.59 Å². The molecule has 0 aliphatic carbocycles. The molecule has 2 unspecified atom stereocenters. The molecule has 2 N–H and O–H groups in total. The number of hydrogen-bond donors (Lipinski definition) is 2. The number of carbonyl (C=O) groups excluding carboxylic acids is 2. The predicted molar refractivity (Wildman–Crippen MR) is 106 cm³/mol. The van der Waals surface area contributed by atoms with Crippen LogP contribution in [-0.4, -0.2) is 48.9 Å². The summed E-state index contributed by atoms with van der Waals surface area (Å²) in [4.78, 5) is 26.6. The topological polar surface area (TPSA) is 61.4 Å². The number of nitrogens with zero attached hydrogens (tertiary/aromatic N) is 1. The van der Waals surface area contributed by atoms with E-state index in [1.54, 1.807) is 18.2 Å². The fourth-order valence-corrected chi connectivity index (χ4v) is 3.80. The van der Waals surface area contributed by atoms with Crippen LogP contribution in [0.3, 0.4) is 0 Å². The van der Waals surface area contributed by atoms with Crippen LogP contribution in [0.1, 0.15) is 36.0 Å². The number of nitrogens with one attached hydrogen (secondary N) is 2. The van der Waals surface area contributed by atoms with E-state index in [-0.39, 0.29) is 36.2 Å². The standard InChI is InChI=1S/C18H23Cl2N3O2.ClH/c19-14-6-5-13(9-15(14)20)18(25)23-8-2-3-12(11-23)10-22-17(24)16-4-1-7-21-16;/h5-6,9,12,16,21H,1-4,7-8,10-11H2,(H,22,24);1H. The van der Waals surface area contributed by atoms with Gasteiger partial charge in [-0.05, 0) is 56.3 Å². The molecule has 0 bridgehead atoms. The molecular formula is C18H24Cl3N3O2. The molecule has 2 fully saturated rings. The predicted octanol–water partition coefficient (Wildman–Crippen LogP) is 3.14. The Morgan fingerprint density at radius 1 is 1.19 bits per heavy atom. The second kappa shape index (κ2) is 9.79. The summed E-state index contributed by atoms with van der Waals surface area (Å²) in [6.45, 7) is 2.90. The Morgan fingerprint density at radius 2 is 2.00 bits per heavy atom. The summed E-state index contributed by atoms with van der Waals surface area (Å²) in [6.07, 6.45) is 3.91. The zero-order chi connectivity index (χ0) is 17.8. The summed E-state index contributed by atoms with van der Waals surface area (Å²) in [5, 5.41) is 7.06. The molecule has 8 heteroatoms. The highest BCUT2D eigenvalue weighted by molar-refractivity contribution is 6.42. The van der Waals surface area contributed by atoms with Gasteiger partial charge in [0.2, 0.25) is 5.91 Å². The molecule has 0 spiro atoms. The molecule has 0 saturated carbocycles. The second-order valence-corrected chi connectivity index (χ2v) is 7.60. The highest BCUT2D eigenvalue weighted by atomic mass is 35.5. The van der Waals surface area contributed by atoms with Crippen LogP contribution in [0.25, 0.3) is 0 Å². The van der Waals surface area contributed by atoms with Crippen molar-refractivity contribution in [2.45, 2.75) is 31.7 Å². The lowest BCUT2D eigenvalue weighted by Gasteiger charge is -2.33. The maximum absolute atomic E-state index is 12.7. The monoisotopic (exact) mass is 419 g/mol. The first kappa shape index (κ1) is 21.3. The van der Waals surface area contributed by atoms with Gasteiger partial charge in [-0.15, -0.1) is 12.4 Å². The first-order chi connectivity index (χ1) is 12.0. The van der Waals surface area contributed by atoms with E-state index < -0.39 is 0 Å². The number of amides is 2. The van der Waals surface area contributed by atoms with Crippen LogP contribution in [-0.2, 0) is 4.79 Å². The summed E-state index contributed by atoms with van der Waals surface area (Å²) < 4.78 is 0. The minimum Gasteiger partial charge on any atom is -0.354 e. The zero-order valence-corrected chi connectivity index (χ0v) is 16.8. The Labute approximate surface area is 170 Å². The molecule has 1 aromatic carbocycles. The molecule has 1 aromatic rings. The van der Waals surface area contributed by atoms with Crippen LogP contribution in [0, 0.1) is 5.92 Å². The molecule has 2 heterocycles. The smallest absolute Gasteiger partial charge is 0.253 e. The lowest BCUT2D eigenvalue weighted by Crippen LogP contribution is -2.46. The first-order valence-corrected chi connectivity index (χ1v) is 9.55. The van der Waals surface area contributed by atoms with Gasteiger partial charge < -0.3 is 15.5 Å². The average Bonchev–Trinajstić information content (AvgIpc) is 3.16. The van der Waals surface area contributed by atoms with Crippen LogP contribution in [0.4, 0.5) is 0 Å². The Balaban J connectivity index is 0.00000243. The number of halogens is 3. The zero-order valence-electron chi connectivity index (χ0n) is 14.5. The van der Waals surface area contributed by atoms with Crippen molar-refractivity contribution in [3.05, 3.63) is 33.8 Å². The molecule has 26 heavy (non-hydrogen) atoms. The van der Waals surface area contributed by atoms with Crippen molar-refractivity contribution in [3.8, 4) is 0 Å². The van der Waals surface area contributed by atoms with Gasteiger partial charge in [0.05, 0.1) is 16.1 Å². The fourth-order valence-electron chi connectivity index (χ4n) is 3.50. The summed E-state index contributed by atoms with van der Waals surface area (Å²) in [7, 11) is 0. The van der Waals surface area contributed by atoms with Gasteiger partial charge in [0.15, 0.2) is 0 Å². The van der Waals surface area contributed by atoms with Gasteiger partial charge in [-0.1, -0.05) is 23.2 Å². The maximum Gasteiger partial charge on any atom is 0.253 e. The molecule has 2 amide bonds. The van der Waals surface area contributed by atoms with Crippen LogP contribution in [0.5, 0.6) is 0 Å². The summed E-state index contributed by atoms with van der Waals surface area (Å²) in [5.41, 5.74) is 0.550. The van der Waals surface area contributed by atoms with Crippen LogP contribution in [0.2, 0.25) is 10.0 Å². The molecule has 2 atom stereocenters. The van der Waals surface area contributed by atoms with E-state index in [1.807, 2.05) is 4.90 Å². The van der Waals surface area contributed by atoms with Gasteiger partial charge in [-0.3, -0.25) is 9.59 Å². The van der Waals surface area contributed by atoms with Crippen LogP contribution in [0.15, 0.2) is 18.2 Å². The molecule has 0 aromatic heterocycles. The van der Waals surface area contributed by atoms with Crippen molar-refractivity contribution >= 4 is 47.4 Å². The summed E-state index contributed by atoms with van der Waals surface area (Å²) >= 11 is 11.9. The van der Waals surface area contributed by atoms with Gasteiger partial charge in [0, 0.05) is 25.2 Å². The number of carbonyl (C=O) groups is 2. The van der Waals surface area contributed by atoms with Gasteiger partial charge in [0.1, 0.15) is 0 Å². The third-order valence-corrected chi connectivity index (χ3v) is 5.65. The van der Waals surface area contributed by atoms with E-state index in [1.165, 1.54) is 0 Å². The average molecular weight is 421 g/mol. The van der Waals surface area contributed by atoms with Crippen LogP contribution >= 0.6 is 35.6 Å². The van der Waals surface area contributed by atoms with Crippen molar-refractivity contribution in [2.24, 2.45) is 5.92 Å². The van der Waals surface area contributed by atoms with Crippen molar-refractivity contribution in [1.29, 1.82) is 0 Å². The number of piperidine rings is 1. The lowest BCUT2D eigenvalue weighted by molar-refractivity contribution is -0.123. The molecule has 0 radical (unpaired) electrons. The van der Waals surface area contributed by atoms with Crippen molar-refractivity contribution in [1.82, 2.24) is 15.5 Å². The Bertz CT molecular complexity index is 651. The van der Waals surface area contributed by atoms with E-state index in [4.69, 9.17) is 23.2 Å². The fraction of sp³-hybridized carbons (Fsp3) is 0.556. The highest BCUT2D eigenvalue weighted by Crippen LogP contribution is 2.24. The SMILES string of the molecule is Cl.O=C(NCC1CCCN(C(=O)c2ccc(Cl)c(Cl)c2)C1)C1CCCN1. The van der Waals surface area contributed by atoms with Gasteiger partial charge in [-0.25, -0.2) is 0 Å². The number of benzene rings is 1. The third-order valence-electron chi connectivity index (χ3n) is 4.91. The minimum absolute atomic E-state index is 0. The Morgan fingerprint density at radius 3 is 2.69 bits per heavy atom. The number of rotatable bonds is 4. The third kappa shape index (κ3) is 5.26. The largest absolute Gasteiger partial charge is 0.354 e. The molecule has 144 valence electrons. The normalized spacial score (nSPS) is 22.6. The maximum atomic E-state index is 12.7. The van der Waals surface area contributed by atoms with Crippen molar-refractivity contribution < 1.29 is 9.59 Å². The number of hydrogen-bond acceptors (Lipinski definition) is 3.